The minimum atomic E-state index is -1.73. The molecule has 0 spiro atoms. The molecule has 5 nitrogen and oxygen atoms in total. The highest BCUT2D eigenvalue weighted by atomic mass is 35.6. The number of ether oxygens (including phenoxy) is 2. The fourth-order valence-corrected chi connectivity index (χ4v) is 1.77. The Morgan fingerprint density at radius 2 is 1.76 bits per heavy atom. The molecule has 112 valence electrons. The number of hydrogen-bond acceptors (Lipinski definition) is 5. The SMILES string of the molecule is COc1ccc(C=Cc2nnc(C(Cl)(Cl)Cl)o2)cc1OC. The lowest BCUT2D eigenvalue weighted by Crippen LogP contribution is -1.99. The summed E-state index contributed by atoms with van der Waals surface area (Å²) in [5.74, 6) is 1.41. The standard InChI is InChI=1S/C13H11Cl3N2O3/c1-19-9-5-3-8(7-10(9)20-2)4-6-11-17-18-12(21-11)13(14,15)16/h3-7H,1-2H3. The molecule has 0 saturated heterocycles. The van der Waals surface area contributed by atoms with E-state index in [-0.39, 0.29) is 11.8 Å². The number of rotatable bonds is 4. The van der Waals surface area contributed by atoms with E-state index in [0.717, 1.165) is 5.56 Å². The van der Waals surface area contributed by atoms with E-state index in [1.165, 1.54) is 0 Å². The van der Waals surface area contributed by atoms with E-state index >= 15 is 0 Å². The average Bonchev–Trinajstić information content (AvgIpc) is 2.93. The average molecular weight is 350 g/mol. The van der Waals surface area contributed by atoms with Crippen molar-refractivity contribution in [3.8, 4) is 11.5 Å². The lowest BCUT2D eigenvalue weighted by Gasteiger charge is -2.07. The second-order valence-corrected chi connectivity index (χ2v) is 6.17. The van der Waals surface area contributed by atoms with Crippen molar-refractivity contribution in [3.63, 3.8) is 0 Å². The molecule has 0 amide bonds. The normalized spacial score (nSPS) is 11.9. The number of halogens is 3. The smallest absolute Gasteiger partial charge is 0.268 e. The van der Waals surface area contributed by atoms with Crippen molar-refractivity contribution >= 4 is 47.0 Å². The van der Waals surface area contributed by atoms with Crippen molar-refractivity contribution in [3.05, 3.63) is 35.5 Å². The highest BCUT2D eigenvalue weighted by Crippen LogP contribution is 2.37. The number of methoxy groups -OCH3 is 2. The summed E-state index contributed by atoms with van der Waals surface area (Å²) in [6, 6.07) is 5.45. The van der Waals surface area contributed by atoms with Crippen LogP contribution in [-0.4, -0.2) is 24.4 Å². The molecule has 1 aromatic heterocycles. The minimum Gasteiger partial charge on any atom is -0.493 e. The minimum absolute atomic E-state index is 0.0838. The van der Waals surface area contributed by atoms with Crippen LogP contribution in [0.15, 0.2) is 22.6 Å². The molecule has 0 N–H and O–H groups in total. The van der Waals surface area contributed by atoms with Gasteiger partial charge in [0.15, 0.2) is 11.5 Å². The largest absolute Gasteiger partial charge is 0.493 e. The molecule has 1 aromatic carbocycles. The summed E-state index contributed by atoms with van der Waals surface area (Å²) in [6.07, 6.45) is 3.37. The lowest BCUT2D eigenvalue weighted by molar-refractivity contribution is 0.355. The molecule has 0 atom stereocenters. The topological polar surface area (TPSA) is 57.4 Å². The van der Waals surface area contributed by atoms with Gasteiger partial charge in [0.25, 0.3) is 9.68 Å². The molecule has 0 fully saturated rings. The number of hydrogen-bond donors (Lipinski definition) is 0. The second-order valence-electron chi connectivity index (χ2n) is 3.89. The maximum atomic E-state index is 5.64. The van der Waals surface area contributed by atoms with Gasteiger partial charge in [-0.3, -0.25) is 0 Å². The van der Waals surface area contributed by atoms with Crippen LogP contribution < -0.4 is 9.47 Å². The first-order valence-electron chi connectivity index (χ1n) is 5.75. The number of nitrogens with zero attached hydrogens (tertiary/aromatic N) is 2. The molecule has 2 rings (SSSR count). The van der Waals surface area contributed by atoms with Crippen molar-refractivity contribution < 1.29 is 13.9 Å². The van der Waals surface area contributed by atoms with Gasteiger partial charge in [0.1, 0.15) is 0 Å². The zero-order chi connectivity index (χ0) is 15.5. The van der Waals surface area contributed by atoms with Crippen LogP contribution in [0.4, 0.5) is 0 Å². The van der Waals surface area contributed by atoms with Gasteiger partial charge in [-0.25, -0.2) is 0 Å². The first-order valence-corrected chi connectivity index (χ1v) is 6.88. The van der Waals surface area contributed by atoms with E-state index in [1.54, 1.807) is 32.4 Å². The van der Waals surface area contributed by atoms with Crippen LogP contribution in [0.5, 0.6) is 11.5 Å². The summed E-state index contributed by atoms with van der Waals surface area (Å²) in [5.41, 5.74) is 0.862. The summed E-state index contributed by atoms with van der Waals surface area (Å²) in [4.78, 5) is 0. The van der Waals surface area contributed by atoms with Crippen molar-refractivity contribution in [2.45, 2.75) is 3.79 Å². The van der Waals surface area contributed by atoms with Crippen LogP contribution in [0.2, 0.25) is 0 Å². The van der Waals surface area contributed by atoms with Gasteiger partial charge in [-0.15, -0.1) is 10.2 Å². The summed E-state index contributed by atoms with van der Waals surface area (Å²) in [5, 5.41) is 7.41. The fraction of sp³-hybridized carbons (Fsp3) is 0.231. The van der Waals surface area contributed by atoms with Crippen LogP contribution >= 0.6 is 34.8 Å². The molecule has 0 saturated carbocycles. The zero-order valence-corrected chi connectivity index (χ0v) is 13.4. The maximum Gasteiger partial charge on any atom is 0.268 e. The highest BCUT2D eigenvalue weighted by Gasteiger charge is 2.29. The van der Waals surface area contributed by atoms with E-state index in [2.05, 4.69) is 10.2 Å². The third-order valence-corrected chi connectivity index (χ3v) is 2.99. The van der Waals surface area contributed by atoms with Crippen LogP contribution in [0.1, 0.15) is 17.3 Å². The Labute approximate surface area is 136 Å². The van der Waals surface area contributed by atoms with Gasteiger partial charge in [0.2, 0.25) is 5.89 Å². The number of alkyl halides is 3. The molecular weight excluding hydrogens is 339 g/mol. The van der Waals surface area contributed by atoms with Gasteiger partial charge in [-0.05, 0) is 23.8 Å². The number of aromatic nitrogens is 2. The molecule has 0 radical (unpaired) electrons. The predicted molar refractivity (Wildman–Crippen MR) is 82.0 cm³/mol. The quantitative estimate of drug-likeness (QED) is 0.778. The van der Waals surface area contributed by atoms with E-state index in [0.29, 0.717) is 11.5 Å². The zero-order valence-electron chi connectivity index (χ0n) is 11.1. The first kappa shape index (κ1) is 15.9. The Balaban J connectivity index is 2.19. The van der Waals surface area contributed by atoms with Crippen molar-refractivity contribution in [2.75, 3.05) is 14.2 Å². The summed E-state index contributed by atoms with van der Waals surface area (Å²) >= 11 is 16.9. The molecule has 0 unspecified atom stereocenters. The predicted octanol–water partition coefficient (Wildman–Crippen LogP) is 4.08. The molecule has 0 aliphatic heterocycles. The van der Waals surface area contributed by atoms with Crippen LogP contribution in [-0.2, 0) is 3.79 Å². The van der Waals surface area contributed by atoms with Crippen LogP contribution in [0.25, 0.3) is 12.2 Å². The molecule has 0 bridgehead atoms. The van der Waals surface area contributed by atoms with Gasteiger partial charge < -0.3 is 13.9 Å². The molecule has 0 aliphatic carbocycles. The summed E-state index contributed by atoms with van der Waals surface area (Å²) in [6.45, 7) is 0. The monoisotopic (exact) mass is 348 g/mol. The third-order valence-electron chi connectivity index (χ3n) is 2.51. The molecule has 2 aromatic rings. The maximum absolute atomic E-state index is 5.64. The third kappa shape index (κ3) is 4.03. The molecule has 0 aliphatic rings. The van der Waals surface area contributed by atoms with E-state index < -0.39 is 3.79 Å². The molecule has 1 heterocycles. The van der Waals surface area contributed by atoms with Crippen LogP contribution in [0.3, 0.4) is 0 Å². The Hall–Kier alpha value is -1.43. The lowest BCUT2D eigenvalue weighted by atomic mass is 10.2. The highest BCUT2D eigenvalue weighted by molar-refractivity contribution is 6.66. The first-order chi connectivity index (χ1) is 9.94. The molecular formula is C13H11Cl3N2O3. The molecule has 21 heavy (non-hydrogen) atoms. The van der Waals surface area contributed by atoms with Crippen molar-refractivity contribution in [2.24, 2.45) is 0 Å². The van der Waals surface area contributed by atoms with Gasteiger partial charge in [0.05, 0.1) is 14.2 Å². The molecule has 8 heteroatoms. The second kappa shape index (κ2) is 6.56. The summed E-state index contributed by atoms with van der Waals surface area (Å²) < 4.78 is 13.9. The van der Waals surface area contributed by atoms with Gasteiger partial charge >= 0.3 is 0 Å². The Morgan fingerprint density at radius 3 is 2.33 bits per heavy atom. The van der Waals surface area contributed by atoms with Gasteiger partial charge in [-0.2, -0.15) is 0 Å². The summed E-state index contributed by atoms with van der Waals surface area (Å²) in [7, 11) is 3.14. The van der Waals surface area contributed by atoms with E-state index in [1.807, 2.05) is 12.1 Å². The van der Waals surface area contributed by atoms with Crippen molar-refractivity contribution in [1.82, 2.24) is 10.2 Å². The Bertz CT molecular complexity index is 650. The Morgan fingerprint density at radius 1 is 1.05 bits per heavy atom. The fourth-order valence-electron chi connectivity index (χ4n) is 1.54. The Kier molecular flexibility index (Phi) is 4.98. The van der Waals surface area contributed by atoms with Crippen molar-refractivity contribution in [1.29, 1.82) is 0 Å². The van der Waals surface area contributed by atoms with Gasteiger partial charge in [0, 0.05) is 6.08 Å². The van der Waals surface area contributed by atoms with E-state index in [4.69, 9.17) is 48.7 Å². The van der Waals surface area contributed by atoms with E-state index in [9.17, 15) is 0 Å². The van der Waals surface area contributed by atoms with Crippen LogP contribution in [0, 0.1) is 0 Å². The number of benzene rings is 1. The van der Waals surface area contributed by atoms with Gasteiger partial charge in [-0.1, -0.05) is 40.9 Å².